The zero-order valence-corrected chi connectivity index (χ0v) is 20.1. The van der Waals surface area contributed by atoms with Gasteiger partial charge in [-0.1, -0.05) is 32.4 Å². The van der Waals surface area contributed by atoms with E-state index in [1.807, 2.05) is 0 Å². The molecule has 0 radical (unpaired) electrons. The predicted molar refractivity (Wildman–Crippen MR) is 116 cm³/mol. The molecule has 0 aliphatic heterocycles. The van der Waals surface area contributed by atoms with E-state index in [4.69, 9.17) is 16.7 Å². The van der Waals surface area contributed by atoms with Gasteiger partial charge in [0.15, 0.2) is 0 Å². The van der Waals surface area contributed by atoms with Gasteiger partial charge < -0.3 is 10.4 Å². The van der Waals surface area contributed by atoms with Gasteiger partial charge in [-0.15, -0.1) is 0 Å². The fraction of sp³-hybridized carbons (Fsp3) is 0.316. The van der Waals surface area contributed by atoms with Crippen LogP contribution in [0.15, 0.2) is 34.1 Å². The third-order valence-corrected chi connectivity index (χ3v) is 7.49. The van der Waals surface area contributed by atoms with Gasteiger partial charge in [0.25, 0.3) is 15.7 Å². The highest BCUT2D eigenvalue weighted by Gasteiger charge is 2.47. The van der Waals surface area contributed by atoms with Crippen LogP contribution in [0.2, 0.25) is 5.02 Å². The van der Waals surface area contributed by atoms with Gasteiger partial charge in [-0.3, -0.25) is 4.79 Å². The Kier molecular flexibility index (Phi) is 6.89. The van der Waals surface area contributed by atoms with Crippen molar-refractivity contribution in [2.24, 2.45) is 5.14 Å². The number of carbonyl (C=O) groups is 1. The highest BCUT2D eigenvalue weighted by molar-refractivity contribution is 7.92. The lowest BCUT2D eigenvalue weighted by molar-refractivity contribution is -0.0436. The summed E-state index contributed by atoms with van der Waals surface area (Å²) in [5, 5.41) is 17.7. The molecule has 0 aliphatic rings. The van der Waals surface area contributed by atoms with Crippen molar-refractivity contribution >= 4 is 43.1 Å². The van der Waals surface area contributed by atoms with Crippen molar-refractivity contribution in [3.63, 3.8) is 0 Å². The number of nitrogens with two attached hydrogens (primary N) is 1. The summed E-state index contributed by atoms with van der Waals surface area (Å²) < 4.78 is 85.4. The van der Waals surface area contributed by atoms with E-state index in [0.29, 0.717) is 12.1 Å². The maximum atomic E-state index is 12.9. The van der Waals surface area contributed by atoms with Gasteiger partial charge >= 0.3 is 5.51 Å². The lowest BCUT2D eigenvalue weighted by Crippen LogP contribution is -2.23. The first kappa shape index (κ1) is 26.9. The Bertz CT molecular complexity index is 1350. The van der Waals surface area contributed by atoms with Crippen LogP contribution in [0.25, 0.3) is 0 Å². The van der Waals surface area contributed by atoms with Crippen LogP contribution in [0.5, 0.6) is 5.75 Å². The molecule has 1 amide bonds. The molecule has 14 heteroatoms. The van der Waals surface area contributed by atoms with Crippen molar-refractivity contribution in [1.29, 1.82) is 0 Å². The lowest BCUT2D eigenvalue weighted by atomic mass is 9.84. The third-order valence-electron chi connectivity index (χ3n) is 4.66. The first-order chi connectivity index (χ1) is 14.7. The molecule has 0 heterocycles. The molecule has 0 bridgehead atoms. The summed E-state index contributed by atoms with van der Waals surface area (Å²) in [6.07, 6.45) is 0. The quantitative estimate of drug-likeness (QED) is 0.550. The number of benzene rings is 2. The van der Waals surface area contributed by atoms with Crippen LogP contribution in [0.4, 0.5) is 18.9 Å². The summed E-state index contributed by atoms with van der Waals surface area (Å²) in [6, 6.07) is 3.09. The van der Waals surface area contributed by atoms with E-state index in [-0.39, 0.29) is 16.8 Å². The van der Waals surface area contributed by atoms with Crippen molar-refractivity contribution < 1.29 is 39.9 Å². The molecular formula is C19H20ClF3N2O6S2. The van der Waals surface area contributed by atoms with Gasteiger partial charge in [-0.05, 0) is 42.2 Å². The first-order valence-corrected chi connectivity index (χ1v) is 12.4. The number of aromatic hydroxyl groups is 1. The molecule has 2 aromatic carbocycles. The van der Waals surface area contributed by atoms with Crippen LogP contribution in [-0.2, 0) is 25.3 Å². The van der Waals surface area contributed by atoms with E-state index in [0.717, 1.165) is 12.1 Å². The molecule has 2 aromatic rings. The molecule has 8 nitrogen and oxygen atoms in total. The van der Waals surface area contributed by atoms with Crippen molar-refractivity contribution in [1.82, 2.24) is 0 Å². The van der Waals surface area contributed by atoms with Gasteiger partial charge in [-0.25, -0.2) is 22.0 Å². The van der Waals surface area contributed by atoms with Gasteiger partial charge in [0.1, 0.15) is 5.75 Å². The summed E-state index contributed by atoms with van der Waals surface area (Å²) in [5.41, 5.74) is -7.17. The number of alkyl halides is 3. The normalized spacial score (nSPS) is 13.1. The number of primary sulfonamides is 1. The molecule has 0 saturated carbocycles. The molecule has 0 saturated heterocycles. The van der Waals surface area contributed by atoms with Crippen molar-refractivity contribution in [2.45, 2.75) is 48.4 Å². The molecule has 0 aromatic heterocycles. The van der Waals surface area contributed by atoms with Crippen LogP contribution in [0.1, 0.15) is 42.3 Å². The molecule has 0 spiro atoms. The minimum atomic E-state index is -5.67. The largest absolute Gasteiger partial charge is 0.507 e. The standard InChI is InChI=1S/C19H20ClF3N2O6S2/c1-9-14(33(24,30)31)8-11(18(2,3)4)16(26)15(9)17(27)25-13-6-5-10(7-12(13)20)32(28,29)19(21,22)23/h5-8,26H,1-4H3,(H,25,27)(H2,24,30,31). The maximum absolute atomic E-state index is 12.9. The van der Waals surface area contributed by atoms with Crippen LogP contribution in [0.3, 0.4) is 0 Å². The molecular weight excluding hydrogens is 509 g/mol. The second-order valence-electron chi connectivity index (χ2n) is 8.11. The average molecular weight is 529 g/mol. The van der Waals surface area contributed by atoms with E-state index in [2.05, 4.69) is 5.32 Å². The topological polar surface area (TPSA) is 144 Å². The fourth-order valence-electron chi connectivity index (χ4n) is 2.97. The van der Waals surface area contributed by atoms with E-state index in [1.54, 1.807) is 20.8 Å². The molecule has 4 N–H and O–H groups in total. The van der Waals surface area contributed by atoms with Crippen LogP contribution >= 0.6 is 11.6 Å². The maximum Gasteiger partial charge on any atom is 0.501 e. The van der Waals surface area contributed by atoms with Gasteiger partial charge in [0.2, 0.25) is 10.0 Å². The third kappa shape index (κ3) is 5.26. The summed E-state index contributed by atoms with van der Waals surface area (Å²) in [7, 11) is -9.97. The molecule has 182 valence electrons. The fourth-order valence-corrected chi connectivity index (χ4v) is 4.86. The number of hydrogen-bond donors (Lipinski definition) is 3. The number of sulfonamides is 1. The minimum absolute atomic E-state index is 0.0972. The Morgan fingerprint density at radius 3 is 2.06 bits per heavy atom. The Labute approximate surface area is 193 Å². The molecule has 0 aliphatic carbocycles. The van der Waals surface area contributed by atoms with Crippen LogP contribution < -0.4 is 10.5 Å². The number of halogens is 4. The number of sulfone groups is 1. The monoisotopic (exact) mass is 528 g/mol. The molecule has 0 atom stereocenters. The Balaban J connectivity index is 2.62. The van der Waals surface area contributed by atoms with Crippen LogP contribution in [-0.4, -0.2) is 33.4 Å². The second-order valence-corrected chi connectivity index (χ2v) is 12.0. The highest BCUT2D eigenvalue weighted by atomic mass is 35.5. The second kappa shape index (κ2) is 8.46. The zero-order valence-electron chi connectivity index (χ0n) is 17.7. The number of amides is 1. The number of phenols is 1. The van der Waals surface area contributed by atoms with E-state index in [1.165, 1.54) is 6.92 Å². The Morgan fingerprint density at radius 1 is 1.09 bits per heavy atom. The van der Waals surface area contributed by atoms with E-state index < -0.39 is 62.8 Å². The Hall–Kier alpha value is -2.35. The number of carbonyl (C=O) groups excluding carboxylic acids is 1. The number of hydrogen-bond acceptors (Lipinski definition) is 6. The summed E-state index contributed by atoms with van der Waals surface area (Å²) in [6.45, 7) is 6.20. The Morgan fingerprint density at radius 2 is 1.64 bits per heavy atom. The number of phenolic OH excluding ortho intramolecular Hbond substituents is 1. The number of rotatable bonds is 4. The molecule has 2 rings (SSSR count). The smallest absolute Gasteiger partial charge is 0.501 e. The van der Waals surface area contributed by atoms with Gasteiger partial charge in [0, 0.05) is 5.56 Å². The van der Waals surface area contributed by atoms with Gasteiger partial charge in [0.05, 0.1) is 26.1 Å². The van der Waals surface area contributed by atoms with Crippen molar-refractivity contribution in [3.8, 4) is 5.75 Å². The van der Waals surface area contributed by atoms with E-state index in [9.17, 15) is 39.9 Å². The first-order valence-electron chi connectivity index (χ1n) is 9.01. The molecule has 0 fully saturated rings. The molecule has 0 unspecified atom stereocenters. The summed E-state index contributed by atoms with van der Waals surface area (Å²) in [4.78, 5) is 11.4. The van der Waals surface area contributed by atoms with Crippen molar-refractivity contribution in [2.75, 3.05) is 5.32 Å². The van der Waals surface area contributed by atoms with E-state index >= 15 is 0 Å². The number of anilines is 1. The zero-order chi connectivity index (χ0) is 25.7. The molecule has 33 heavy (non-hydrogen) atoms. The number of nitrogens with one attached hydrogen (secondary N) is 1. The minimum Gasteiger partial charge on any atom is -0.507 e. The van der Waals surface area contributed by atoms with Gasteiger partial charge in [-0.2, -0.15) is 13.2 Å². The summed E-state index contributed by atoms with van der Waals surface area (Å²) >= 11 is 5.88. The average Bonchev–Trinajstić information content (AvgIpc) is 2.60. The lowest BCUT2D eigenvalue weighted by Gasteiger charge is -2.24. The summed E-state index contributed by atoms with van der Waals surface area (Å²) in [5.74, 6) is -1.58. The SMILES string of the molecule is Cc1c(S(N)(=O)=O)cc(C(C)(C)C)c(O)c1C(=O)Nc1ccc(S(=O)(=O)C(F)(F)F)cc1Cl. The highest BCUT2D eigenvalue weighted by Crippen LogP contribution is 2.39. The van der Waals surface area contributed by atoms with Crippen LogP contribution in [0, 0.1) is 6.92 Å². The van der Waals surface area contributed by atoms with Crippen molar-refractivity contribution in [3.05, 3.63) is 46.0 Å². The predicted octanol–water partition coefficient (Wildman–Crippen LogP) is 3.84.